The highest BCUT2D eigenvalue weighted by atomic mass is 19.1. The summed E-state index contributed by atoms with van der Waals surface area (Å²) in [5.41, 5.74) is 5.96. The molecule has 0 aliphatic rings. The third-order valence-corrected chi connectivity index (χ3v) is 7.75. The minimum absolute atomic E-state index is 0.0810. The van der Waals surface area contributed by atoms with Crippen molar-refractivity contribution in [2.45, 2.75) is 0 Å². The van der Waals surface area contributed by atoms with Gasteiger partial charge in [0.05, 0.1) is 38.9 Å². The Bertz CT molecular complexity index is 2390. The van der Waals surface area contributed by atoms with Crippen molar-refractivity contribution in [1.29, 1.82) is 31.6 Å². The largest absolute Gasteiger partial charge is 0.311 e. The molecule has 0 aliphatic carbocycles. The van der Waals surface area contributed by atoms with E-state index in [1.165, 1.54) is 35.3 Å². The van der Waals surface area contributed by atoms with E-state index in [9.17, 15) is 9.65 Å². The van der Waals surface area contributed by atoms with Crippen molar-refractivity contribution < 1.29 is 5.76 Å². The number of hydrogen-bond acceptors (Lipinski definition) is 8. The summed E-state index contributed by atoms with van der Waals surface area (Å²) < 4.78 is 15.5. The molecule has 9 nitrogen and oxygen atoms in total. The second-order valence-electron chi connectivity index (χ2n) is 11.2. The van der Waals surface area contributed by atoms with Crippen LogP contribution in [0.3, 0.4) is 0 Å². The SMILES string of the molecule is N#CC(C#N)=C(C#N)c1ccc(N(c2ccccc2)c2ccccc2)cc1.[2H]CF.[C-]#[N+]C(C#N)=C(C#N)C#N.c1ccc(N(c2ccccc2)c2ccccc2)cc1. The van der Waals surface area contributed by atoms with E-state index < -0.39 is 18.4 Å². The minimum atomic E-state index is -1.00. The van der Waals surface area contributed by atoms with Crippen LogP contribution in [0.4, 0.5) is 38.5 Å². The zero-order chi connectivity index (χ0) is 42.7. The fourth-order valence-corrected chi connectivity index (χ4v) is 5.23. The van der Waals surface area contributed by atoms with Gasteiger partial charge >= 0.3 is 0 Å². The van der Waals surface area contributed by atoms with Crippen molar-refractivity contribution in [3.63, 3.8) is 0 Å². The van der Waals surface area contributed by atoms with E-state index in [2.05, 4.69) is 87.4 Å². The van der Waals surface area contributed by atoms with Crippen molar-refractivity contribution in [2.75, 3.05) is 17.0 Å². The summed E-state index contributed by atoms with van der Waals surface area (Å²) in [4.78, 5) is 7.01. The number of rotatable bonds is 7. The molecule has 10 heteroatoms. The first kappa shape index (κ1) is 41.5. The molecule has 58 heavy (non-hydrogen) atoms. The summed E-state index contributed by atoms with van der Waals surface area (Å²) in [6, 6.07) is 68.2. The fraction of sp³-hybridized carbons (Fsp3) is 0.0208. The number of nitrogens with zero attached hydrogens (tertiary/aromatic N) is 9. The summed E-state index contributed by atoms with van der Waals surface area (Å²) in [5.74, 6) is 0. The van der Waals surface area contributed by atoms with Gasteiger partial charge in [0.2, 0.25) is 0 Å². The molecule has 6 aromatic carbocycles. The standard InChI is InChI=1S/C23H14N4.C18H15N.C6N4.CH3F/c24-15-19(16-25)23(17-26)18-11-13-22(14-12-18)27(20-7-3-1-4-8-20)21-9-5-2-6-10-21;1-4-10-16(11-5-1)19(17-12-6-2-7-13-17)18-14-8-3-9-15-18;1-10-6(4-9)5(2-7)3-8;1-2/h1-14H;1-15H;;1H3/i;;;1D. The second kappa shape index (κ2) is 24.1. The summed E-state index contributed by atoms with van der Waals surface area (Å²) >= 11 is 0. The lowest BCUT2D eigenvalue weighted by Crippen LogP contribution is -2.09. The number of hydrogen-bond donors (Lipinski definition) is 0. The maximum atomic E-state index is 9.96. The second-order valence-corrected chi connectivity index (χ2v) is 11.2. The fourth-order valence-electron chi connectivity index (χ4n) is 5.23. The summed E-state index contributed by atoms with van der Waals surface area (Å²) in [6.45, 7) is 6.34. The van der Waals surface area contributed by atoms with Crippen molar-refractivity contribution in [2.24, 2.45) is 0 Å². The van der Waals surface area contributed by atoms with Crippen LogP contribution in [0.15, 0.2) is 193 Å². The number of allylic oxidation sites excluding steroid dienone is 4. The van der Waals surface area contributed by atoms with Crippen LogP contribution in [0.1, 0.15) is 6.93 Å². The summed E-state index contributed by atoms with van der Waals surface area (Å²) in [7, 11) is -1.00. The Hall–Kier alpha value is -9.24. The number of anilines is 6. The molecule has 0 saturated heterocycles. The van der Waals surface area contributed by atoms with Crippen LogP contribution in [-0.2, 0) is 0 Å². The van der Waals surface area contributed by atoms with E-state index in [1.807, 2.05) is 97.1 Å². The Labute approximate surface area is 339 Å². The van der Waals surface area contributed by atoms with Crippen LogP contribution in [0.2, 0.25) is 0 Å². The van der Waals surface area contributed by atoms with Gasteiger partial charge in [0.15, 0.2) is 0 Å². The first-order chi connectivity index (χ1) is 28.9. The quantitative estimate of drug-likeness (QED) is 0.115. The van der Waals surface area contributed by atoms with Crippen LogP contribution in [0, 0.1) is 74.6 Å². The third-order valence-electron chi connectivity index (χ3n) is 7.75. The van der Waals surface area contributed by atoms with Gasteiger partial charge in [-0.1, -0.05) is 103 Å². The maximum absolute atomic E-state index is 9.96. The van der Waals surface area contributed by atoms with Gasteiger partial charge in [0.25, 0.3) is 5.70 Å². The topological polar surface area (TPSA) is 154 Å². The van der Waals surface area contributed by atoms with Crippen LogP contribution < -0.4 is 9.80 Å². The highest BCUT2D eigenvalue weighted by Crippen LogP contribution is 2.35. The van der Waals surface area contributed by atoms with Crippen molar-refractivity contribution in [3.05, 3.63) is 210 Å². The first-order valence-corrected chi connectivity index (χ1v) is 17.0. The predicted octanol–water partition coefficient (Wildman–Crippen LogP) is 12.0. The van der Waals surface area contributed by atoms with Gasteiger partial charge in [-0.05, 0) is 78.4 Å². The van der Waals surface area contributed by atoms with Gasteiger partial charge in [0, 0.05) is 34.1 Å². The average molecular weight is 755 g/mol. The Morgan fingerprint density at radius 1 is 0.448 bits per heavy atom. The lowest BCUT2D eigenvalue weighted by atomic mass is 10.0. The van der Waals surface area contributed by atoms with Crippen LogP contribution in [0.25, 0.3) is 10.4 Å². The zero-order valence-corrected chi connectivity index (χ0v) is 30.9. The van der Waals surface area contributed by atoms with E-state index in [0.717, 1.165) is 17.1 Å². The van der Waals surface area contributed by atoms with Gasteiger partial charge in [-0.15, -0.1) is 0 Å². The maximum Gasteiger partial charge on any atom is 0.289 e. The molecule has 0 aliphatic heterocycles. The van der Waals surface area contributed by atoms with E-state index in [4.69, 9.17) is 34.3 Å². The lowest BCUT2D eigenvalue weighted by molar-refractivity contribution is 0.636. The number of benzene rings is 6. The van der Waals surface area contributed by atoms with Gasteiger partial charge in [-0.2, -0.15) is 26.3 Å². The van der Waals surface area contributed by atoms with Gasteiger partial charge in [-0.3, -0.25) is 4.39 Å². The van der Waals surface area contributed by atoms with E-state index in [1.54, 1.807) is 24.3 Å². The smallest absolute Gasteiger partial charge is 0.289 e. The number of halogens is 1. The Morgan fingerprint density at radius 3 is 0.931 bits per heavy atom. The molecule has 0 spiro atoms. The van der Waals surface area contributed by atoms with E-state index in [0.29, 0.717) is 5.56 Å². The molecule has 0 fully saturated rings. The molecule has 0 aromatic heterocycles. The monoisotopic (exact) mass is 754 g/mol. The van der Waals surface area contributed by atoms with Crippen molar-refractivity contribution in [3.8, 4) is 36.4 Å². The zero-order valence-electron chi connectivity index (χ0n) is 31.9. The van der Waals surface area contributed by atoms with Gasteiger partial charge in [-0.25, -0.2) is 10.1 Å². The lowest BCUT2D eigenvalue weighted by Gasteiger charge is -2.25. The van der Waals surface area contributed by atoms with Crippen LogP contribution in [-0.4, -0.2) is 7.15 Å². The molecular formula is C48H32FN9. The highest BCUT2D eigenvalue weighted by molar-refractivity contribution is 5.86. The number of para-hydroxylation sites is 5. The normalized spacial score (nSPS) is 8.97. The Balaban J connectivity index is 0.000000252. The van der Waals surface area contributed by atoms with Crippen molar-refractivity contribution >= 4 is 39.7 Å². The first-order valence-electron chi connectivity index (χ1n) is 17.7. The molecule has 0 N–H and O–H groups in total. The molecule has 0 radical (unpaired) electrons. The van der Waals surface area contributed by atoms with Crippen LogP contribution in [0.5, 0.6) is 0 Å². The van der Waals surface area contributed by atoms with Gasteiger partial charge < -0.3 is 9.80 Å². The molecule has 0 atom stereocenters. The number of nitriles is 6. The minimum Gasteiger partial charge on any atom is -0.311 e. The van der Waals surface area contributed by atoms with E-state index >= 15 is 0 Å². The highest BCUT2D eigenvalue weighted by Gasteiger charge is 2.14. The van der Waals surface area contributed by atoms with Crippen LogP contribution >= 0.6 is 0 Å². The van der Waals surface area contributed by atoms with E-state index in [-0.39, 0.29) is 11.1 Å². The molecule has 0 unspecified atom stereocenters. The Morgan fingerprint density at radius 2 is 0.724 bits per heavy atom. The molecule has 6 rings (SSSR count). The summed E-state index contributed by atoms with van der Waals surface area (Å²) in [5, 5.41) is 51.8. The Kier molecular flexibility index (Phi) is 17.3. The third kappa shape index (κ3) is 11.9. The van der Waals surface area contributed by atoms with Crippen molar-refractivity contribution in [1.82, 2.24) is 0 Å². The molecule has 0 heterocycles. The molecule has 0 bridgehead atoms. The average Bonchev–Trinajstić information content (AvgIpc) is 3.30. The van der Waals surface area contributed by atoms with Gasteiger partial charge in [0.1, 0.15) is 29.4 Å². The molecule has 0 amide bonds. The number of alkyl halides is 1. The molecule has 276 valence electrons. The molecule has 0 saturated carbocycles. The molecule has 6 aromatic rings. The molecular weight excluding hydrogens is 722 g/mol. The predicted molar refractivity (Wildman–Crippen MR) is 224 cm³/mol. The summed E-state index contributed by atoms with van der Waals surface area (Å²) in [6.07, 6.45) is 0.